The second-order valence-corrected chi connectivity index (χ2v) is 8.42. The summed E-state index contributed by atoms with van der Waals surface area (Å²) in [5, 5.41) is 6.62. The zero-order valence-corrected chi connectivity index (χ0v) is 18.8. The highest BCUT2D eigenvalue weighted by Crippen LogP contribution is 2.39. The maximum atomic E-state index is 13.9. The van der Waals surface area contributed by atoms with Crippen molar-refractivity contribution >= 4 is 28.9 Å². The van der Waals surface area contributed by atoms with Crippen molar-refractivity contribution < 1.29 is 9.18 Å². The van der Waals surface area contributed by atoms with Gasteiger partial charge in [0.15, 0.2) is 5.11 Å². The van der Waals surface area contributed by atoms with Crippen LogP contribution >= 0.6 is 12.2 Å². The molecule has 0 radical (unpaired) electrons. The molecule has 0 spiro atoms. The van der Waals surface area contributed by atoms with E-state index in [1.165, 1.54) is 6.07 Å². The van der Waals surface area contributed by atoms with Gasteiger partial charge in [-0.05, 0) is 62.5 Å². The smallest absolute Gasteiger partial charge is 0.226 e. The highest BCUT2D eigenvalue weighted by atomic mass is 32.1. The van der Waals surface area contributed by atoms with Crippen LogP contribution in [0.2, 0.25) is 0 Å². The SMILES string of the molecule is CC(C)n1cccc1C1C(c2ccccn2)NC(=S)N1CCC(=O)Nc1ccccc1F. The number of pyridine rings is 1. The molecule has 1 aromatic carbocycles. The summed E-state index contributed by atoms with van der Waals surface area (Å²) in [6, 6.07) is 16.1. The highest BCUT2D eigenvalue weighted by molar-refractivity contribution is 7.80. The number of hydrogen-bond donors (Lipinski definition) is 2. The van der Waals surface area contributed by atoms with Gasteiger partial charge < -0.3 is 20.1 Å². The van der Waals surface area contributed by atoms with Gasteiger partial charge in [-0.2, -0.15) is 0 Å². The normalized spacial score (nSPS) is 18.1. The Morgan fingerprint density at radius 2 is 1.97 bits per heavy atom. The standard InChI is InChI=1S/C24H26FN5OS/c1-16(2)29-14-7-11-20(29)23-22(19-10-5-6-13-26-19)28-24(32)30(23)15-12-21(31)27-18-9-4-3-8-17(18)25/h3-11,13-14,16,22-23H,12,15H2,1-2H3,(H,27,31)(H,28,32). The number of aromatic nitrogens is 2. The van der Waals surface area contributed by atoms with E-state index in [4.69, 9.17) is 12.2 Å². The zero-order valence-electron chi connectivity index (χ0n) is 18.0. The van der Waals surface area contributed by atoms with Gasteiger partial charge in [0.1, 0.15) is 5.82 Å². The van der Waals surface area contributed by atoms with Crippen LogP contribution < -0.4 is 10.6 Å². The molecule has 0 aliphatic carbocycles. The van der Waals surface area contributed by atoms with Gasteiger partial charge in [-0.1, -0.05) is 18.2 Å². The Morgan fingerprint density at radius 1 is 1.19 bits per heavy atom. The first-order valence-electron chi connectivity index (χ1n) is 10.6. The number of amides is 1. The van der Waals surface area contributed by atoms with Gasteiger partial charge in [0.05, 0.1) is 23.5 Å². The number of anilines is 1. The molecule has 1 saturated heterocycles. The second-order valence-electron chi connectivity index (χ2n) is 8.03. The third-order valence-corrected chi connectivity index (χ3v) is 5.95. The molecule has 1 aliphatic heterocycles. The fraction of sp³-hybridized carbons (Fsp3) is 0.292. The van der Waals surface area contributed by atoms with E-state index in [-0.39, 0.29) is 36.1 Å². The fourth-order valence-electron chi connectivity index (χ4n) is 4.09. The van der Waals surface area contributed by atoms with Crippen LogP contribution in [0.3, 0.4) is 0 Å². The van der Waals surface area contributed by atoms with Crippen LogP contribution in [0.5, 0.6) is 0 Å². The monoisotopic (exact) mass is 451 g/mol. The van der Waals surface area contributed by atoms with E-state index < -0.39 is 5.82 Å². The lowest BCUT2D eigenvalue weighted by molar-refractivity contribution is -0.116. The maximum Gasteiger partial charge on any atom is 0.226 e. The molecule has 1 aliphatic rings. The number of hydrogen-bond acceptors (Lipinski definition) is 3. The Balaban J connectivity index is 1.58. The molecule has 3 heterocycles. The lowest BCUT2D eigenvalue weighted by atomic mass is 10.0. The number of carbonyl (C=O) groups excluding carboxylic acids is 1. The number of para-hydroxylation sites is 1. The summed E-state index contributed by atoms with van der Waals surface area (Å²) < 4.78 is 16.1. The summed E-state index contributed by atoms with van der Waals surface area (Å²) in [4.78, 5) is 19.1. The van der Waals surface area contributed by atoms with E-state index in [1.54, 1.807) is 24.4 Å². The molecule has 32 heavy (non-hydrogen) atoms. The Hall–Kier alpha value is -3.26. The topological polar surface area (TPSA) is 62.2 Å². The number of nitrogens with one attached hydrogen (secondary N) is 2. The van der Waals surface area contributed by atoms with Gasteiger partial charge >= 0.3 is 0 Å². The number of thiocarbonyl (C=S) groups is 1. The van der Waals surface area contributed by atoms with Crippen LogP contribution in [0.25, 0.3) is 0 Å². The van der Waals surface area contributed by atoms with Crippen LogP contribution in [0, 0.1) is 5.82 Å². The van der Waals surface area contributed by atoms with Gasteiger partial charge in [0.2, 0.25) is 5.91 Å². The Labute approximate surface area is 192 Å². The van der Waals surface area contributed by atoms with Crippen molar-refractivity contribution in [2.24, 2.45) is 0 Å². The van der Waals surface area contributed by atoms with Crippen molar-refractivity contribution in [3.63, 3.8) is 0 Å². The lowest BCUT2D eigenvalue weighted by Crippen LogP contribution is -2.33. The third kappa shape index (κ3) is 4.50. The number of nitrogens with zero attached hydrogens (tertiary/aromatic N) is 3. The fourth-order valence-corrected chi connectivity index (χ4v) is 4.42. The molecule has 0 saturated carbocycles. The average Bonchev–Trinajstić information content (AvgIpc) is 3.39. The molecule has 166 valence electrons. The predicted molar refractivity (Wildman–Crippen MR) is 127 cm³/mol. The minimum atomic E-state index is -0.456. The molecule has 1 fully saturated rings. The van der Waals surface area contributed by atoms with Crippen LogP contribution in [0.15, 0.2) is 67.0 Å². The first kappa shape index (κ1) is 22.0. The molecule has 2 aromatic heterocycles. The molecule has 2 N–H and O–H groups in total. The summed E-state index contributed by atoms with van der Waals surface area (Å²) >= 11 is 5.67. The largest absolute Gasteiger partial charge is 0.352 e. The quantitative estimate of drug-likeness (QED) is 0.514. The summed E-state index contributed by atoms with van der Waals surface area (Å²) in [6.45, 7) is 4.65. The third-order valence-electron chi connectivity index (χ3n) is 5.60. The Bertz CT molecular complexity index is 1100. The minimum Gasteiger partial charge on any atom is -0.352 e. The van der Waals surface area contributed by atoms with Crippen molar-refractivity contribution in [1.29, 1.82) is 0 Å². The first-order chi connectivity index (χ1) is 15.5. The van der Waals surface area contributed by atoms with Crippen molar-refractivity contribution in [2.45, 2.75) is 38.4 Å². The van der Waals surface area contributed by atoms with Crippen LogP contribution in [0.1, 0.15) is 49.8 Å². The van der Waals surface area contributed by atoms with E-state index in [1.807, 2.05) is 29.2 Å². The van der Waals surface area contributed by atoms with Gasteiger partial charge in [-0.3, -0.25) is 9.78 Å². The number of halogens is 1. The molecule has 0 bridgehead atoms. The number of rotatable bonds is 7. The molecule has 6 nitrogen and oxygen atoms in total. The van der Waals surface area contributed by atoms with Crippen LogP contribution in [-0.4, -0.2) is 32.0 Å². The van der Waals surface area contributed by atoms with Crippen molar-refractivity contribution in [3.05, 3.63) is 84.2 Å². The van der Waals surface area contributed by atoms with E-state index in [0.717, 1.165) is 11.4 Å². The first-order valence-corrected chi connectivity index (χ1v) is 11.1. The Morgan fingerprint density at radius 3 is 2.69 bits per heavy atom. The van der Waals surface area contributed by atoms with Gasteiger partial charge in [0.25, 0.3) is 0 Å². The molecule has 1 amide bonds. The molecular formula is C24H26FN5OS. The molecule has 4 rings (SSSR count). The maximum absolute atomic E-state index is 13.9. The van der Waals surface area contributed by atoms with E-state index >= 15 is 0 Å². The molecular weight excluding hydrogens is 425 g/mol. The van der Waals surface area contributed by atoms with E-state index in [9.17, 15) is 9.18 Å². The summed E-state index contributed by atoms with van der Waals surface area (Å²) in [5.41, 5.74) is 2.16. The van der Waals surface area contributed by atoms with E-state index in [2.05, 4.69) is 46.3 Å². The van der Waals surface area contributed by atoms with E-state index in [0.29, 0.717) is 11.7 Å². The molecule has 2 atom stereocenters. The Kier molecular flexibility index (Phi) is 6.50. The number of benzene rings is 1. The highest BCUT2D eigenvalue weighted by Gasteiger charge is 2.41. The van der Waals surface area contributed by atoms with Gasteiger partial charge in [0, 0.05) is 37.1 Å². The summed E-state index contributed by atoms with van der Waals surface area (Å²) in [5.74, 6) is -0.723. The zero-order chi connectivity index (χ0) is 22.7. The van der Waals surface area contributed by atoms with Crippen LogP contribution in [-0.2, 0) is 4.79 Å². The van der Waals surface area contributed by atoms with Gasteiger partial charge in [-0.15, -0.1) is 0 Å². The number of carbonyl (C=O) groups is 1. The summed E-state index contributed by atoms with van der Waals surface area (Å²) in [6.07, 6.45) is 3.99. The van der Waals surface area contributed by atoms with Crippen LogP contribution in [0.4, 0.5) is 10.1 Å². The lowest BCUT2D eigenvalue weighted by Gasteiger charge is -2.29. The predicted octanol–water partition coefficient (Wildman–Crippen LogP) is 4.60. The molecule has 3 aromatic rings. The average molecular weight is 452 g/mol. The van der Waals surface area contributed by atoms with Crippen molar-refractivity contribution in [3.8, 4) is 0 Å². The minimum absolute atomic E-state index is 0.129. The second kappa shape index (κ2) is 9.48. The van der Waals surface area contributed by atoms with Crippen molar-refractivity contribution in [1.82, 2.24) is 19.8 Å². The molecule has 8 heteroatoms. The van der Waals surface area contributed by atoms with Crippen molar-refractivity contribution in [2.75, 3.05) is 11.9 Å². The molecule has 2 unspecified atom stereocenters. The van der Waals surface area contributed by atoms with Gasteiger partial charge in [-0.25, -0.2) is 4.39 Å². The summed E-state index contributed by atoms with van der Waals surface area (Å²) in [7, 11) is 0.